The van der Waals surface area contributed by atoms with Gasteiger partial charge < -0.3 is 4.74 Å². The van der Waals surface area contributed by atoms with Gasteiger partial charge in [0.25, 0.3) is 0 Å². The lowest BCUT2D eigenvalue weighted by molar-refractivity contribution is 0.309. The predicted octanol–water partition coefficient (Wildman–Crippen LogP) is 4.14. The normalized spacial score (nSPS) is 10.5. The van der Waals surface area contributed by atoms with Crippen molar-refractivity contribution >= 4 is 0 Å². The molecule has 1 heterocycles. The number of unbranched alkanes of at least 4 members (excludes halogenated alkanes) is 1. The van der Waals surface area contributed by atoms with E-state index in [1.54, 1.807) is 24.5 Å². The highest BCUT2D eigenvalue weighted by Crippen LogP contribution is 2.17. The maximum absolute atomic E-state index is 8.78. The summed E-state index contributed by atoms with van der Waals surface area (Å²) in [6.45, 7) is 2.79. The minimum atomic E-state index is 0.626. The molecule has 0 fully saturated rings. The van der Waals surface area contributed by atoms with Crippen LogP contribution in [-0.2, 0) is 0 Å². The number of hydrogen-bond donors (Lipinski definition) is 0. The van der Waals surface area contributed by atoms with Crippen LogP contribution in [0.2, 0.25) is 0 Å². The van der Waals surface area contributed by atoms with Gasteiger partial charge in [0.2, 0.25) is 0 Å². The second kappa shape index (κ2) is 8.58. The third kappa shape index (κ3) is 4.71. The Bertz CT molecular complexity index is 640. The summed E-state index contributed by atoms with van der Waals surface area (Å²) < 4.78 is 5.61. The highest BCUT2D eigenvalue weighted by molar-refractivity contribution is 5.56. The molecule has 0 saturated carbocycles. The van der Waals surface area contributed by atoms with Gasteiger partial charge in [0.1, 0.15) is 0 Å². The molecule has 0 radical (unpaired) electrons. The molecule has 2 aromatic rings. The molecule has 0 aliphatic carbocycles. The second-order valence-corrected chi connectivity index (χ2v) is 4.80. The molecular formula is C18H19N3O. The topological polar surface area (TPSA) is 58.8 Å². The van der Waals surface area contributed by atoms with E-state index in [9.17, 15) is 0 Å². The number of benzene rings is 1. The molecule has 2 rings (SSSR count). The minimum absolute atomic E-state index is 0.626. The van der Waals surface area contributed by atoms with Crippen LogP contribution in [-0.4, -0.2) is 16.6 Å². The van der Waals surface area contributed by atoms with Crippen molar-refractivity contribution in [3.8, 4) is 23.2 Å². The molecule has 1 aromatic carbocycles. The van der Waals surface area contributed by atoms with Gasteiger partial charge in [0, 0.05) is 5.56 Å². The minimum Gasteiger partial charge on any atom is -0.490 e. The number of hydrogen-bond acceptors (Lipinski definition) is 4. The molecule has 112 valence electrons. The van der Waals surface area contributed by atoms with Crippen LogP contribution in [0.1, 0.15) is 31.7 Å². The molecule has 0 unspecified atom stereocenters. The standard InChI is InChI=1S/C18H19N3O/c1-2-3-4-5-6-11-22-17-13-20-18(21-14-17)16-9-7-15(12-19)8-10-16/h3-4,7-10,13-14H,2,5-6,11H2,1H3/b4-3+. The van der Waals surface area contributed by atoms with Gasteiger partial charge in [-0.05, 0) is 43.5 Å². The SMILES string of the molecule is CC/C=C/CCCOc1cnc(-c2ccc(C#N)cc2)nc1. The average Bonchev–Trinajstić information content (AvgIpc) is 2.59. The number of nitrogens with zero attached hydrogens (tertiary/aromatic N) is 3. The van der Waals surface area contributed by atoms with E-state index in [0.717, 1.165) is 24.8 Å². The first-order valence-electron chi connectivity index (χ1n) is 7.44. The number of rotatable bonds is 7. The fourth-order valence-corrected chi connectivity index (χ4v) is 1.91. The van der Waals surface area contributed by atoms with E-state index < -0.39 is 0 Å². The van der Waals surface area contributed by atoms with Gasteiger partial charge in [-0.25, -0.2) is 9.97 Å². The summed E-state index contributed by atoms with van der Waals surface area (Å²) in [6.07, 6.45) is 10.8. The molecule has 0 spiro atoms. The Morgan fingerprint density at radius 2 is 1.86 bits per heavy atom. The van der Waals surface area contributed by atoms with E-state index in [0.29, 0.717) is 23.7 Å². The molecule has 22 heavy (non-hydrogen) atoms. The zero-order valence-corrected chi connectivity index (χ0v) is 12.7. The average molecular weight is 293 g/mol. The van der Waals surface area contributed by atoms with Gasteiger partial charge in [-0.2, -0.15) is 5.26 Å². The van der Waals surface area contributed by atoms with E-state index in [1.807, 2.05) is 12.1 Å². The molecule has 0 aliphatic heterocycles. The van der Waals surface area contributed by atoms with Crippen LogP contribution < -0.4 is 4.74 Å². The van der Waals surface area contributed by atoms with Crippen LogP contribution in [0.3, 0.4) is 0 Å². The van der Waals surface area contributed by atoms with Crippen molar-refractivity contribution in [1.29, 1.82) is 5.26 Å². The zero-order valence-electron chi connectivity index (χ0n) is 12.7. The monoisotopic (exact) mass is 293 g/mol. The maximum atomic E-state index is 8.78. The molecule has 4 heteroatoms. The van der Waals surface area contributed by atoms with Gasteiger partial charge in [-0.3, -0.25) is 0 Å². The van der Waals surface area contributed by atoms with E-state index in [-0.39, 0.29) is 0 Å². The van der Waals surface area contributed by atoms with E-state index in [4.69, 9.17) is 10.00 Å². The van der Waals surface area contributed by atoms with Gasteiger partial charge in [-0.1, -0.05) is 19.1 Å². The van der Waals surface area contributed by atoms with Crippen molar-refractivity contribution in [2.45, 2.75) is 26.2 Å². The lowest BCUT2D eigenvalue weighted by atomic mass is 10.1. The van der Waals surface area contributed by atoms with Crippen molar-refractivity contribution in [3.05, 3.63) is 54.4 Å². The van der Waals surface area contributed by atoms with Gasteiger partial charge in [0.05, 0.1) is 30.6 Å². The summed E-state index contributed by atoms with van der Waals surface area (Å²) in [6, 6.07) is 9.29. The smallest absolute Gasteiger partial charge is 0.159 e. The summed E-state index contributed by atoms with van der Waals surface area (Å²) >= 11 is 0. The van der Waals surface area contributed by atoms with Crippen LogP contribution in [0, 0.1) is 11.3 Å². The molecule has 0 bridgehead atoms. The Kier molecular flexibility index (Phi) is 6.13. The summed E-state index contributed by atoms with van der Waals surface area (Å²) in [7, 11) is 0. The summed E-state index contributed by atoms with van der Waals surface area (Å²) in [5.74, 6) is 1.31. The van der Waals surface area contributed by atoms with Crippen LogP contribution in [0.25, 0.3) is 11.4 Å². The van der Waals surface area contributed by atoms with Crippen LogP contribution in [0.15, 0.2) is 48.8 Å². The predicted molar refractivity (Wildman–Crippen MR) is 86.3 cm³/mol. The number of ether oxygens (including phenoxy) is 1. The molecule has 0 aliphatic rings. The zero-order chi connectivity index (χ0) is 15.6. The first-order chi connectivity index (χ1) is 10.8. The molecule has 0 amide bonds. The number of nitriles is 1. The van der Waals surface area contributed by atoms with Crippen molar-refractivity contribution in [3.63, 3.8) is 0 Å². The third-order valence-corrected chi connectivity index (χ3v) is 3.09. The van der Waals surface area contributed by atoms with Gasteiger partial charge >= 0.3 is 0 Å². The first kappa shape index (κ1) is 15.7. The molecule has 0 atom stereocenters. The summed E-state index contributed by atoms with van der Waals surface area (Å²) in [5.41, 5.74) is 1.51. The van der Waals surface area contributed by atoms with Crippen molar-refractivity contribution in [1.82, 2.24) is 9.97 Å². The number of aromatic nitrogens is 2. The molecule has 4 nitrogen and oxygen atoms in total. The first-order valence-corrected chi connectivity index (χ1v) is 7.44. The van der Waals surface area contributed by atoms with E-state index >= 15 is 0 Å². The Morgan fingerprint density at radius 1 is 1.14 bits per heavy atom. The Morgan fingerprint density at radius 3 is 2.50 bits per heavy atom. The summed E-state index contributed by atoms with van der Waals surface area (Å²) in [5, 5.41) is 8.78. The summed E-state index contributed by atoms with van der Waals surface area (Å²) in [4.78, 5) is 8.60. The lowest BCUT2D eigenvalue weighted by Crippen LogP contribution is -1.98. The Labute approximate surface area is 131 Å². The van der Waals surface area contributed by atoms with Crippen LogP contribution in [0.5, 0.6) is 5.75 Å². The van der Waals surface area contributed by atoms with Gasteiger partial charge in [0.15, 0.2) is 11.6 Å². The Balaban J connectivity index is 1.87. The lowest BCUT2D eigenvalue weighted by Gasteiger charge is -2.05. The maximum Gasteiger partial charge on any atom is 0.159 e. The highest BCUT2D eigenvalue weighted by Gasteiger charge is 2.02. The third-order valence-electron chi connectivity index (χ3n) is 3.09. The van der Waals surface area contributed by atoms with Crippen LogP contribution in [0.4, 0.5) is 0 Å². The molecule has 0 N–H and O–H groups in total. The largest absolute Gasteiger partial charge is 0.490 e. The fourth-order valence-electron chi connectivity index (χ4n) is 1.91. The molecule has 0 saturated heterocycles. The molecule has 1 aromatic heterocycles. The highest BCUT2D eigenvalue weighted by atomic mass is 16.5. The molecular weight excluding hydrogens is 274 g/mol. The Hall–Kier alpha value is -2.67. The van der Waals surface area contributed by atoms with Crippen LogP contribution >= 0.6 is 0 Å². The second-order valence-electron chi connectivity index (χ2n) is 4.80. The van der Waals surface area contributed by atoms with E-state index in [2.05, 4.69) is 35.1 Å². The van der Waals surface area contributed by atoms with Gasteiger partial charge in [-0.15, -0.1) is 0 Å². The van der Waals surface area contributed by atoms with Crippen molar-refractivity contribution < 1.29 is 4.74 Å². The quantitative estimate of drug-likeness (QED) is 0.568. The number of allylic oxidation sites excluding steroid dienone is 2. The van der Waals surface area contributed by atoms with Crippen molar-refractivity contribution in [2.75, 3.05) is 6.61 Å². The fraction of sp³-hybridized carbons (Fsp3) is 0.278. The van der Waals surface area contributed by atoms with E-state index in [1.165, 1.54) is 0 Å². The van der Waals surface area contributed by atoms with Crippen molar-refractivity contribution in [2.24, 2.45) is 0 Å².